The first-order chi connectivity index (χ1) is 17.7. The zero-order valence-electron chi connectivity index (χ0n) is 19.5. The Morgan fingerprint density at radius 3 is 2.14 bits per heavy atom. The lowest BCUT2D eigenvalue weighted by atomic mass is 10.0. The van der Waals surface area contributed by atoms with E-state index in [9.17, 15) is 29.1 Å². The van der Waals surface area contributed by atoms with Crippen LogP contribution in [0, 0.1) is 0 Å². The van der Waals surface area contributed by atoms with Gasteiger partial charge in [-0.2, -0.15) is 0 Å². The van der Waals surface area contributed by atoms with Gasteiger partial charge in [-0.3, -0.25) is 9.59 Å². The van der Waals surface area contributed by atoms with Crippen LogP contribution in [0.1, 0.15) is 48.4 Å². The Hall–Kier alpha value is -4.64. The molecule has 0 fully saturated rings. The highest BCUT2D eigenvalue weighted by Gasteiger charge is 2.19. The third-order valence-electron chi connectivity index (χ3n) is 4.88. The van der Waals surface area contributed by atoms with Crippen LogP contribution >= 0.6 is 11.8 Å². The molecule has 0 saturated heterocycles. The van der Waals surface area contributed by atoms with Crippen molar-refractivity contribution in [1.82, 2.24) is 0 Å². The molecule has 2 amide bonds. The average Bonchev–Trinajstić information content (AvgIpc) is 2.87. The molecule has 11 heteroatoms. The van der Waals surface area contributed by atoms with E-state index in [2.05, 4.69) is 10.6 Å². The number of benzene rings is 3. The number of carboxylic acid groups (broad SMARTS) is 2. The smallest absolute Gasteiger partial charge is 0.338 e. The largest absolute Gasteiger partial charge is 0.478 e. The van der Waals surface area contributed by atoms with E-state index in [1.165, 1.54) is 11.8 Å². The molecule has 0 unspecified atom stereocenters. The van der Waals surface area contributed by atoms with E-state index >= 15 is 0 Å². The first-order valence-corrected chi connectivity index (χ1v) is 11.9. The molecule has 0 aliphatic heterocycles. The van der Waals surface area contributed by atoms with Gasteiger partial charge in [0.1, 0.15) is 0 Å². The first kappa shape index (κ1) is 27.0. The summed E-state index contributed by atoms with van der Waals surface area (Å²) in [5, 5.41) is 23.8. The average molecular weight is 523 g/mol. The third-order valence-corrected chi connectivity index (χ3v) is 5.88. The fourth-order valence-corrected chi connectivity index (χ4v) is 3.92. The second-order valence-electron chi connectivity index (χ2n) is 7.49. The Morgan fingerprint density at radius 1 is 0.784 bits per heavy atom. The van der Waals surface area contributed by atoms with Crippen LogP contribution in [0.2, 0.25) is 0 Å². The number of carbonyl (C=O) groups is 5. The van der Waals surface area contributed by atoms with E-state index in [1.807, 2.05) is 0 Å². The van der Waals surface area contributed by atoms with Crippen LogP contribution in [0.15, 0.2) is 71.6 Å². The Morgan fingerprint density at radius 2 is 1.49 bits per heavy atom. The number of hydrogen-bond donors (Lipinski definition) is 4. The van der Waals surface area contributed by atoms with Crippen molar-refractivity contribution in [2.75, 3.05) is 23.0 Å². The minimum atomic E-state index is -1.43. The topological polar surface area (TPSA) is 159 Å². The van der Waals surface area contributed by atoms with Crippen LogP contribution in [0.5, 0.6) is 0 Å². The standard InChI is InChI=1S/C26H22N2O8S/c1-2-36-26(35)15-6-9-17(10-7-15)27-22(29)14-37-19-5-3-4-18(13-19)28-23(30)20-11-8-16(24(31)32)12-21(20)25(33)34/h3-13H,2,14H2,1H3,(H,27,29)(H,28,30)(H,31,32)(H,33,34). The Kier molecular flexibility index (Phi) is 9.00. The van der Waals surface area contributed by atoms with Crippen molar-refractivity contribution in [3.63, 3.8) is 0 Å². The molecule has 0 bridgehead atoms. The molecule has 3 aromatic carbocycles. The maximum atomic E-state index is 12.7. The number of thioether (sulfide) groups is 1. The lowest BCUT2D eigenvalue weighted by molar-refractivity contribution is -0.113. The number of esters is 1. The van der Waals surface area contributed by atoms with Gasteiger partial charge in [0, 0.05) is 16.3 Å². The molecule has 3 aromatic rings. The summed E-state index contributed by atoms with van der Waals surface area (Å²) < 4.78 is 4.92. The molecule has 190 valence electrons. The van der Waals surface area contributed by atoms with E-state index in [-0.39, 0.29) is 29.4 Å². The van der Waals surface area contributed by atoms with Gasteiger partial charge in [-0.15, -0.1) is 11.8 Å². The third kappa shape index (κ3) is 7.42. The van der Waals surface area contributed by atoms with Gasteiger partial charge in [-0.25, -0.2) is 14.4 Å². The predicted octanol–water partition coefficient (Wildman–Crippen LogP) is 4.24. The summed E-state index contributed by atoms with van der Waals surface area (Å²) in [4.78, 5) is 60.0. The van der Waals surface area contributed by atoms with Gasteiger partial charge in [0.05, 0.1) is 34.6 Å². The van der Waals surface area contributed by atoms with E-state index in [1.54, 1.807) is 55.5 Å². The molecule has 37 heavy (non-hydrogen) atoms. The normalized spacial score (nSPS) is 10.3. The molecule has 0 aliphatic rings. The molecule has 0 heterocycles. The summed E-state index contributed by atoms with van der Waals surface area (Å²) in [7, 11) is 0. The van der Waals surface area contributed by atoms with Gasteiger partial charge in [0.15, 0.2) is 0 Å². The zero-order chi connectivity index (χ0) is 26.9. The van der Waals surface area contributed by atoms with Gasteiger partial charge in [-0.05, 0) is 67.6 Å². The number of amides is 2. The number of carbonyl (C=O) groups excluding carboxylic acids is 3. The highest BCUT2D eigenvalue weighted by molar-refractivity contribution is 8.00. The molecule has 0 aromatic heterocycles. The quantitative estimate of drug-likeness (QED) is 0.226. The Bertz CT molecular complexity index is 1350. The predicted molar refractivity (Wildman–Crippen MR) is 137 cm³/mol. The van der Waals surface area contributed by atoms with Crippen LogP contribution in [0.25, 0.3) is 0 Å². The summed E-state index contributed by atoms with van der Waals surface area (Å²) in [6, 6.07) is 16.1. The number of carboxylic acids is 2. The van der Waals surface area contributed by atoms with E-state index in [0.717, 1.165) is 18.2 Å². The number of nitrogens with one attached hydrogen (secondary N) is 2. The number of rotatable bonds is 10. The summed E-state index contributed by atoms with van der Waals surface area (Å²) >= 11 is 1.22. The minimum Gasteiger partial charge on any atom is -0.478 e. The minimum absolute atomic E-state index is 0.0663. The van der Waals surface area contributed by atoms with Gasteiger partial charge < -0.3 is 25.6 Å². The van der Waals surface area contributed by atoms with E-state index in [0.29, 0.717) is 21.8 Å². The SMILES string of the molecule is CCOC(=O)c1ccc(NC(=O)CSc2cccc(NC(=O)c3ccc(C(=O)O)cc3C(=O)O)c2)cc1. The van der Waals surface area contributed by atoms with Crippen molar-refractivity contribution in [2.24, 2.45) is 0 Å². The maximum absolute atomic E-state index is 12.7. The monoisotopic (exact) mass is 522 g/mol. The second kappa shape index (κ2) is 12.4. The molecular formula is C26H22N2O8S. The van der Waals surface area contributed by atoms with E-state index < -0.39 is 29.4 Å². The summed E-state index contributed by atoms with van der Waals surface area (Å²) in [5.41, 5.74) is 0.382. The van der Waals surface area contributed by atoms with Crippen molar-refractivity contribution in [2.45, 2.75) is 11.8 Å². The van der Waals surface area contributed by atoms with Gasteiger partial charge in [0.2, 0.25) is 5.91 Å². The summed E-state index contributed by atoms with van der Waals surface area (Å²) in [6.45, 7) is 1.98. The summed E-state index contributed by atoms with van der Waals surface area (Å²) in [6.07, 6.45) is 0. The number of aromatic carboxylic acids is 2. The molecule has 10 nitrogen and oxygen atoms in total. The Balaban J connectivity index is 1.60. The lowest BCUT2D eigenvalue weighted by Gasteiger charge is -2.10. The van der Waals surface area contributed by atoms with Gasteiger partial charge in [0.25, 0.3) is 5.91 Å². The first-order valence-electron chi connectivity index (χ1n) is 10.9. The van der Waals surface area contributed by atoms with Crippen molar-refractivity contribution in [1.29, 1.82) is 0 Å². The van der Waals surface area contributed by atoms with E-state index in [4.69, 9.17) is 9.84 Å². The molecule has 3 rings (SSSR count). The molecule has 0 saturated carbocycles. The zero-order valence-corrected chi connectivity index (χ0v) is 20.3. The van der Waals surface area contributed by atoms with Gasteiger partial charge in [-0.1, -0.05) is 6.07 Å². The number of ether oxygens (including phenoxy) is 1. The van der Waals surface area contributed by atoms with Crippen LogP contribution in [-0.4, -0.2) is 52.3 Å². The molecule has 0 spiro atoms. The maximum Gasteiger partial charge on any atom is 0.338 e. The second-order valence-corrected chi connectivity index (χ2v) is 8.54. The number of anilines is 2. The number of hydrogen-bond acceptors (Lipinski definition) is 7. The van der Waals surface area contributed by atoms with Crippen LogP contribution in [-0.2, 0) is 9.53 Å². The highest BCUT2D eigenvalue weighted by atomic mass is 32.2. The van der Waals surface area contributed by atoms with Crippen molar-refractivity contribution in [3.8, 4) is 0 Å². The lowest BCUT2D eigenvalue weighted by Crippen LogP contribution is -2.17. The van der Waals surface area contributed by atoms with Crippen LogP contribution in [0.4, 0.5) is 11.4 Å². The van der Waals surface area contributed by atoms with Crippen LogP contribution in [0.3, 0.4) is 0 Å². The highest BCUT2D eigenvalue weighted by Crippen LogP contribution is 2.23. The van der Waals surface area contributed by atoms with Gasteiger partial charge >= 0.3 is 17.9 Å². The van der Waals surface area contributed by atoms with Crippen molar-refractivity contribution < 1.29 is 38.9 Å². The van der Waals surface area contributed by atoms with Crippen LogP contribution < -0.4 is 10.6 Å². The van der Waals surface area contributed by atoms with Crippen molar-refractivity contribution >= 4 is 52.9 Å². The molecule has 4 N–H and O–H groups in total. The molecule has 0 radical (unpaired) electrons. The molecular weight excluding hydrogens is 500 g/mol. The fourth-order valence-electron chi connectivity index (χ4n) is 3.16. The molecule has 0 atom stereocenters. The summed E-state index contributed by atoms with van der Waals surface area (Å²) in [5.74, 6) is -4.12. The fraction of sp³-hybridized carbons (Fsp3) is 0.115. The van der Waals surface area contributed by atoms with Crippen molar-refractivity contribution in [3.05, 3.63) is 89.0 Å². The Labute approximate surface area is 215 Å². The molecule has 0 aliphatic carbocycles.